The molecule has 82 valence electrons. The van der Waals surface area contributed by atoms with Crippen LogP contribution in [0.5, 0.6) is 0 Å². The van der Waals surface area contributed by atoms with E-state index in [1.165, 1.54) is 0 Å². The molecule has 0 aromatic heterocycles. The van der Waals surface area contributed by atoms with E-state index in [0.717, 1.165) is 6.54 Å². The summed E-state index contributed by atoms with van der Waals surface area (Å²) in [7, 11) is 0. The number of likely N-dealkylation sites (tertiary alicyclic amines) is 1. The molecule has 0 bridgehead atoms. The molecule has 2 atom stereocenters. The van der Waals surface area contributed by atoms with Crippen molar-refractivity contribution in [1.29, 1.82) is 0 Å². The van der Waals surface area contributed by atoms with Crippen LogP contribution < -0.4 is 0 Å². The number of carboxylic acid groups (broad SMARTS) is 1. The van der Waals surface area contributed by atoms with Crippen LogP contribution in [0.4, 0.5) is 0 Å². The van der Waals surface area contributed by atoms with Crippen molar-refractivity contribution in [3.05, 3.63) is 0 Å². The number of hydrogen-bond acceptors (Lipinski definition) is 3. The highest BCUT2D eigenvalue weighted by atomic mass is 16.4. The van der Waals surface area contributed by atoms with Crippen molar-refractivity contribution in [3.63, 3.8) is 0 Å². The van der Waals surface area contributed by atoms with Crippen LogP contribution in [0.1, 0.15) is 20.8 Å². The molecule has 1 aliphatic heterocycles. The zero-order chi connectivity index (χ0) is 10.9. The fraction of sp³-hybridized carbons (Fsp3) is 0.900. The van der Waals surface area contributed by atoms with E-state index in [0.29, 0.717) is 6.54 Å². The van der Waals surface area contributed by atoms with E-state index in [-0.39, 0.29) is 17.9 Å². The first-order valence-corrected chi connectivity index (χ1v) is 4.96. The number of carbonyl (C=O) groups is 1. The normalized spacial score (nSPS) is 29.0. The Hall–Kier alpha value is -0.610. The second kappa shape index (κ2) is 3.87. The quantitative estimate of drug-likeness (QED) is 0.694. The Labute approximate surface area is 84.5 Å². The summed E-state index contributed by atoms with van der Waals surface area (Å²) in [5.41, 5.74) is 0.0124. The smallest absolute Gasteiger partial charge is 0.320 e. The van der Waals surface area contributed by atoms with Gasteiger partial charge in [0.25, 0.3) is 0 Å². The minimum absolute atomic E-state index is 0.0124. The molecule has 2 N–H and O–H groups in total. The molecule has 0 amide bonds. The highest BCUT2D eigenvalue weighted by Crippen LogP contribution is 2.35. The van der Waals surface area contributed by atoms with Crippen molar-refractivity contribution >= 4 is 5.97 Å². The summed E-state index contributed by atoms with van der Waals surface area (Å²) in [4.78, 5) is 12.7. The third kappa shape index (κ3) is 2.07. The Morgan fingerprint density at radius 3 is 2.57 bits per heavy atom. The number of nitrogens with zero attached hydrogens (tertiary/aromatic N) is 1. The molecule has 1 saturated heterocycles. The van der Waals surface area contributed by atoms with Crippen molar-refractivity contribution in [1.82, 2.24) is 4.90 Å². The Balaban J connectivity index is 2.67. The standard InChI is InChI=1S/C10H19NO3/c1-7(9(13)14)11-4-8(5-12)10(2,3)6-11/h7-8,12H,4-6H2,1-3H3,(H,13,14)/t7-,8+/m1/s1. The summed E-state index contributed by atoms with van der Waals surface area (Å²) in [6.07, 6.45) is 0. The molecule has 1 aliphatic rings. The largest absolute Gasteiger partial charge is 0.480 e. The van der Waals surface area contributed by atoms with Crippen LogP contribution in [0.2, 0.25) is 0 Å². The van der Waals surface area contributed by atoms with Gasteiger partial charge < -0.3 is 10.2 Å². The van der Waals surface area contributed by atoms with E-state index in [1.807, 2.05) is 4.90 Å². The number of carboxylic acids is 1. The van der Waals surface area contributed by atoms with Crippen molar-refractivity contribution in [2.24, 2.45) is 11.3 Å². The third-order valence-corrected chi connectivity index (χ3v) is 3.30. The maximum absolute atomic E-state index is 10.8. The van der Waals surface area contributed by atoms with Gasteiger partial charge in [-0.1, -0.05) is 13.8 Å². The molecule has 4 heteroatoms. The number of aliphatic hydroxyl groups excluding tert-OH is 1. The monoisotopic (exact) mass is 201 g/mol. The lowest BCUT2D eigenvalue weighted by molar-refractivity contribution is -0.142. The molecule has 0 aromatic rings. The maximum atomic E-state index is 10.8. The van der Waals surface area contributed by atoms with Crippen molar-refractivity contribution < 1.29 is 15.0 Å². The van der Waals surface area contributed by atoms with Gasteiger partial charge in [-0.15, -0.1) is 0 Å². The van der Waals surface area contributed by atoms with Crippen molar-refractivity contribution in [3.8, 4) is 0 Å². The minimum atomic E-state index is -0.792. The number of aliphatic carboxylic acids is 1. The molecule has 0 aliphatic carbocycles. The van der Waals surface area contributed by atoms with Crippen LogP contribution in [0.3, 0.4) is 0 Å². The molecular weight excluding hydrogens is 182 g/mol. The van der Waals surface area contributed by atoms with Gasteiger partial charge in [-0.25, -0.2) is 0 Å². The summed E-state index contributed by atoms with van der Waals surface area (Å²) < 4.78 is 0. The van der Waals surface area contributed by atoms with Gasteiger partial charge in [0.2, 0.25) is 0 Å². The molecule has 4 nitrogen and oxygen atoms in total. The number of aliphatic hydroxyl groups is 1. The average Bonchev–Trinajstić information content (AvgIpc) is 2.39. The van der Waals surface area contributed by atoms with Gasteiger partial charge in [0.05, 0.1) is 0 Å². The minimum Gasteiger partial charge on any atom is -0.480 e. The molecule has 0 saturated carbocycles. The van der Waals surface area contributed by atoms with E-state index < -0.39 is 12.0 Å². The Morgan fingerprint density at radius 2 is 2.21 bits per heavy atom. The Kier molecular flexibility index (Phi) is 3.17. The average molecular weight is 201 g/mol. The van der Waals surface area contributed by atoms with Gasteiger partial charge in [-0.3, -0.25) is 9.69 Å². The van der Waals surface area contributed by atoms with E-state index in [4.69, 9.17) is 10.2 Å². The van der Waals surface area contributed by atoms with Crippen molar-refractivity contribution in [2.45, 2.75) is 26.8 Å². The first-order chi connectivity index (χ1) is 6.38. The predicted octanol–water partition coefficient (Wildman–Crippen LogP) is 0.410. The van der Waals surface area contributed by atoms with E-state index in [9.17, 15) is 4.79 Å². The van der Waals surface area contributed by atoms with Crippen molar-refractivity contribution in [2.75, 3.05) is 19.7 Å². The summed E-state index contributed by atoms with van der Waals surface area (Å²) in [6.45, 7) is 7.39. The van der Waals surface area contributed by atoms with Gasteiger partial charge in [0.1, 0.15) is 6.04 Å². The van der Waals surface area contributed by atoms with Crippen LogP contribution in [-0.2, 0) is 4.79 Å². The van der Waals surface area contributed by atoms with E-state index in [1.54, 1.807) is 6.92 Å². The maximum Gasteiger partial charge on any atom is 0.320 e. The molecule has 1 heterocycles. The van der Waals surface area contributed by atoms with Crippen LogP contribution in [0.25, 0.3) is 0 Å². The van der Waals surface area contributed by atoms with Gasteiger partial charge in [-0.05, 0) is 12.3 Å². The summed E-state index contributed by atoms with van der Waals surface area (Å²) in [5, 5.41) is 18.0. The summed E-state index contributed by atoms with van der Waals surface area (Å²) >= 11 is 0. The highest BCUT2D eigenvalue weighted by molar-refractivity contribution is 5.72. The number of rotatable bonds is 3. The lowest BCUT2D eigenvalue weighted by Gasteiger charge is -2.24. The zero-order valence-corrected chi connectivity index (χ0v) is 9.03. The Morgan fingerprint density at radius 1 is 1.64 bits per heavy atom. The number of hydrogen-bond donors (Lipinski definition) is 2. The zero-order valence-electron chi connectivity index (χ0n) is 9.03. The first kappa shape index (κ1) is 11.5. The van der Waals surface area contributed by atoms with Crippen LogP contribution in [0.15, 0.2) is 0 Å². The fourth-order valence-electron chi connectivity index (χ4n) is 2.00. The third-order valence-electron chi connectivity index (χ3n) is 3.30. The molecular formula is C10H19NO3. The van der Waals surface area contributed by atoms with Gasteiger partial charge in [-0.2, -0.15) is 0 Å². The Bertz CT molecular complexity index is 227. The van der Waals surface area contributed by atoms with Crippen LogP contribution >= 0.6 is 0 Å². The van der Waals surface area contributed by atoms with Crippen LogP contribution in [-0.4, -0.2) is 46.8 Å². The SMILES string of the molecule is C[C@H](C(=O)O)N1C[C@@H](CO)C(C)(C)C1. The molecule has 1 fully saturated rings. The summed E-state index contributed by atoms with van der Waals surface area (Å²) in [5.74, 6) is -0.608. The molecule has 0 unspecified atom stereocenters. The fourth-order valence-corrected chi connectivity index (χ4v) is 2.00. The second-order valence-electron chi connectivity index (χ2n) is 4.81. The van der Waals surface area contributed by atoms with Gasteiger partial charge >= 0.3 is 5.97 Å². The summed E-state index contributed by atoms with van der Waals surface area (Å²) in [6, 6.07) is -0.453. The van der Waals surface area contributed by atoms with E-state index in [2.05, 4.69) is 13.8 Å². The van der Waals surface area contributed by atoms with Gasteiger partial charge in [0.15, 0.2) is 0 Å². The van der Waals surface area contributed by atoms with Crippen LogP contribution in [0, 0.1) is 11.3 Å². The molecule has 0 aromatic carbocycles. The lowest BCUT2D eigenvalue weighted by atomic mass is 9.83. The van der Waals surface area contributed by atoms with Gasteiger partial charge in [0, 0.05) is 25.6 Å². The predicted molar refractivity (Wildman–Crippen MR) is 53.0 cm³/mol. The lowest BCUT2D eigenvalue weighted by Crippen LogP contribution is -2.38. The van der Waals surface area contributed by atoms with E-state index >= 15 is 0 Å². The molecule has 14 heavy (non-hydrogen) atoms. The molecule has 0 spiro atoms. The molecule has 1 rings (SSSR count). The topological polar surface area (TPSA) is 60.8 Å². The highest BCUT2D eigenvalue weighted by Gasteiger charge is 2.41. The second-order valence-corrected chi connectivity index (χ2v) is 4.81. The molecule has 0 radical (unpaired) electrons. The first-order valence-electron chi connectivity index (χ1n) is 4.96.